The molecule has 1 saturated heterocycles. The third kappa shape index (κ3) is 5.68. The second-order valence-electron chi connectivity index (χ2n) is 8.41. The molecule has 1 fully saturated rings. The highest BCUT2D eigenvalue weighted by molar-refractivity contribution is 7.71. The van der Waals surface area contributed by atoms with Crippen molar-refractivity contribution in [2.75, 3.05) is 19.8 Å². The number of rotatable bonds is 8. The molecular formula is C25H27N7O2S. The van der Waals surface area contributed by atoms with E-state index >= 15 is 0 Å². The highest BCUT2D eigenvalue weighted by atomic mass is 32.1. The van der Waals surface area contributed by atoms with Crippen LogP contribution in [0.2, 0.25) is 0 Å². The molecule has 1 aliphatic heterocycles. The van der Waals surface area contributed by atoms with E-state index in [1.807, 2.05) is 24.3 Å². The average Bonchev–Trinajstić information content (AvgIpc) is 3.39. The molecule has 10 heteroatoms. The van der Waals surface area contributed by atoms with Crippen LogP contribution in [0.1, 0.15) is 24.1 Å². The Balaban J connectivity index is 1.32. The van der Waals surface area contributed by atoms with Crippen molar-refractivity contribution in [1.29, 1.82) is 0 Å². The molecule has 4 heterocycles. The molecular weight excluding hydrogens is 462 g/mol. The molecule has 0 atom stereocenters. The minimum Gasteiger partial charge on any atom is -0.414 e. The van der Waals surface area contributed by atoms with E-state index in [9.17, 15) is 0 Å². The van der Waals surface area contributed by atoms with Crippen LogP contribution in [0.3, 0.4) is 0 Å². The Bertz CT molecular complexity index is 1330. The van der Waals surface area contributed by atoms with Crippen LogP contribution in [0.25, 0.3) is 34.3 Å². The van der Waals surface area contributed by atoms with Crippen LogP contribution >= 0.6 is 12.2 Å². The van der Waals surface area contributed by atoms with Crippen molar-refractivity contribution in [2.45, 2.75) is 31.8 Å². The number of hydrogen-bond donors (Lipinski definition) is 3. The van der Waals surface area contributed by atoms with Crippen LogP contribution in [0, 0.1) is 4.64 Å². The normalized spacial score (nSPS) is 14.3. The number of H-pyrrole nitrogens is 1. The van der Waals surface area contributed by atoms with Gasteiger partial charge in [-0.1, -0.05) is 24.4 Å². The quantitative estimate of drug-likeness (QED) is 0.317. The highest BCUT2D eigenvalue weighted by Gasteiger charge is 2.16. The molecule has 4 aromatic rings. The van der Waals surface area contributed by atoms with Gasteiger partial charge in [-0.25, -0.2) is 4.98 Å². The van der Waals surface area contributed by atoms with Gasteiger partial charge in [0.1, 0.15) is 4.64 Å². The first-order valence-electron chi connectivity index (χ1n) is 11.7. The maximum atomic E-state index is 5.95. The zero-order valence-electron chi connectivity index (χ0n) is 19.2. The number of benzene rings is 1. The Kier molecular flexibility index (Phi) is 7.34. The minimum atomic E-state index is 0.268. The second kappa shape index (κ2) is 11.0. The average molecular weight is 490 g/mol. The van der Waals surface area contributed by atoms with Gasteiger partial charge in [0.2, 0.25) is 5.89 Å². The van der Waals surface area contributed by atoms with E-state index in [1.165, 1.54) is 5.56 Å². The summed E-state index contributed by atoms with van der Waals surface area (Å²) in [7, 11) is 0. The van der Waals surface area contributed by atoms with Gasteiger partial charge >= 0.3 is 0 Å². The lowest BCUT2D eigenvalue weighted by atomic mass is 10.1. The zero-order chi connectivity index (χ0) is 24.0. The van der Waals surface area contributed by atoms with Crippen LogP contribution in [-0.2, 0) is 17.7 Å². The van der Waals surface area contributed by atoms with Crippen molar-refractivity contribution in [2.24, 2.45) is 5.73 Å². The molecule has 180 valence electrons. The van der Waals surface area contributed by atoms with Gasteiger partial charge in [0, 0.05) is 61.4 Å². The number of pyridine rings is 1. The largest absolute Gasteiger partial charge is 0.414 e. The van der Waals surface area contributed by atoms with Crippen LogP contribution in [0.15, 0.2) is 53.2 Å². The molecule has 1 aliphatic rings. The Morgan fingerprint density at radius 1 is 1.06 bits per heavy atom. The number of nitrogens with one attached hydrogen (secondary N) is 2. The highest BCUT2D eigenvalue weighted by Crippen LogP contribution is 2.26. The summed E-state index contributed by atoms with van der Waals surface area (Å²) in [4.78, 5) is 12.1. The Morgan fingerprint density at radius 2 is 1.86 bits per heavy atom. The van der Waals surface area contributed by atoms with E-state index < -0.39 is 0 Å². The summed E-state index contributed by atoms with van der Waals surface area (Å²) in [6.45, 7) is 3.00. The Hall–Kier alpha value is -3.31. The number of nitrogens with two attached hydrogens (primary N) is 1. The fourth-order valence-electron chi connectivity index (χ4n) is 3.99. The zero-order valence-corrected chi connectivity index (χ0v) is 20.1. The first-order chi connectivity index (χ1) is 17.2. The van der Waals surface area contributed by atoms with E-state index in [2.05, 4.69) is 37.6 Å². The molecule has 5 rings (SSSR count). The maximum Gasteiger partial charge on any atom is 0.269 e. The van der Waals surface area contributed by atoms with Crippen LogP contribution in [-0.4, -0.2) is 50.9 Å². The van der Waals surface area contributed by atoms with Gasteiger partial charge in [-0.2, -0.15) is 0 Å². The molecule has 1 aromatic carbocycles. The molecule has 9 nitrogen and oxygen atoms in total. The molecule has 4 N–H and O–H groups in total. The van der Waals surface area contributed by atoms with Gasteiger partial charge in [-0.3, -0.25) is 4.98 Å². The third-order valence-corrected chi connectivity index (χ3v) is 6.26. The molecule has 0 aliphatic carbocycles. The van der Waals surface area contributed by atoms with Crippen molar-refractivity contribution in [1.82, 2.24) is 30.5 Å². The van der Waals surface area contributed by atoms with Crippen molar-refractivity contribution in [3.8, 4) is 34.3 Å². The number of aromatic nitrogens is 5. The number of nitrogens with zero attached hydrogens (tertiary/aromatic N) is 4. The topological polar surface area (TPSA) is 128 Å². The van der Waals surface area contributed by atoms with Gasteiger partial charge in [0.25, 0.3) is 5.89 Å². The van der Waals surface area contributed by atoms with Gasteiger partial charge in [-0.05, 0) is 49.2 Å². The van der Waals surface area contributed by atoms with Crippen molar-refractivity contribution < 1.29 is 9.15 Å². The first kappa shape index (κ1) is 23.4. The SMILES string of the molecule is NCCc1cc(-c2c[nH]c(=S)c(-c3nnc(-c4ccc(CNC5CCOCC5)cc4)o3)n2)ccn1. The van der Waals surface area contributed by atoms with Gasteiger partial charge in [0.05, 0.1) is 5.69 Å². The fourth-order valence-corrected chi connectivity index (χ4v) is 4.18. The fraction of sp³-hybridized carbons (Fsp3) is 0.320. The lowest BCUT2D eigenvalue weighted by Crippen LogP contribution is -2.34. The minimum absolute atomic E-state index is 0.268. The number of ether oxygens (including phenoxy) is 1. The molecule has 0 bridgehead atoms. The summed E-state index contributed by atoms with van der Waals surface area (Å²) in [5.41, 5.74) is 10.6. The predicted octanol–water partition coefficient (Wildman–Crippen LogP) is 3.69. The summed E-state index contributed by atoms with van der Waals surface area (Å²) in [5, 5.41) is 12.0. The maximum absolute atomic E-state index is 5.95. The number of hydrogen-bond acceptors (Lipinski definition) is 9. The summed E-state index contributed by atoms with van der Waals surface area (Å²) in [6, 6.07) is 12.5. The van der Waals surface area contributed by atoms with E-state index in [1.54, 1.807) is 12.4 Å². The van der Waals surface area contributed by atoms with Gasteiger partial charge in [0.15, 0.2) is 5.69 Å². The summed E-state index contributed by atoms with van der Waals surface area (Å²) in [6.07, 6.45) is 6.31. The molecule has 35 heavy (non-hydrogen) atoms. The molecule has 0 amide bonds. The molecule has 0 spiro atoms. The van der Waals surface area contributed by atoms with Crippen molar-refractivity contribution in [3.05, 3.63) is 64.7 Å². The van der Waals surface area contributed by atoms with Crippen LogP contribution < -0.4 is 11.1 Å². The monoisotopic (exact) mass is 489 g/mol. The number of aromatic amines is 1. The third-order valence-electron chi connectivity index (χ3n) is 5.94. The second-order valence-corrected chi connectivity index (χ2v) is 8.82. The summed E-state index contributed by atoms with van der Waals surface area (Å²) < 4.78 is 11.8. The van der Waals surface area contributed by atoms with Gasteiger partial charge < -0.3 is 25.2 Å². The lowest BCUT2D eigenvalue weighted by Gasteiger charge is -2.23. The molecule has 0 saturated carbocycles. The first-order valence-corrected chi connectivity index (χ1v) is 12.1. The van der Waals surface area contributed by atoms with Crippen LogP contribution in [0.4, 0.5) is 0 Å². The smallest absolute Gasteiger partial charge is 0.269 e. The molecule has 0 radical (unpaired) electrons. The van der Waals surface area contributed by atoms with E-state index in [0.717, 1.165) is 49.4 Å². The van der Waals surface area contributed by atoms with Crippen LogP contribution in [0.5, 0.6) is 0 Å². The van der Waals surface area contributed by atoms with Crippen molar-refractivity contribution in [3.63, 3.8) is 0 Å². The van der Waals surface area contributed by atoms with E-state index in [-0.39, 0.29) is 5.89 Å². The Morgan fingerprint density at radius 3 is 2.66 bits per heavy atom. The summed E-state index contributed by atoms with van der Waals surface area (Å²) in [5.74, 6) is 0.685. The van der Waals surface area contributed by atoms with Gasteiger partial charge in [-0.15, -0.1) is 10.2 Å². The van der Waals surface area contributed by atoms with E-state index in [4.69, 9.17) is 32.1 Å². The lowest BCUT2D eigenvalue weighted by molar-refractivity contribution is 0.0776. The molecule has 3 aromatic heterocycles. The van der Waals surface area contributed by atoms with E-state index in [0.29, 0.717) is 40.9 Å². The molecule has 0 unspecified atom stereocenters. The summed E-state index contributed by atoms with van der Waals surface area (Å²) >= 11 is 5.45. The Labute approximate surface area is 208 Å². The predicted molar refractivity (Wildman–Crippen MR) is 135 cm³/mol. The standard InChI is InChI=1S/C25H27N7O2S/c26-9-5-20-13-18(6-10-27-20)21-15-29-25(35)22(30-21)24-32-31-23(34-24)17-3-1-16(2-4-17)14-28-19-7-11-33-12-8-19/h1-4,6,10,13,15,19,28H,5,7-9,11-12,14,26H2,(H,29,35). The van der Waals surface area contributed by atoms with Crippen molar-refractivity contribution >= 4 is 12.2 Å².